The quantitative estimate of drug-likeness (QED) is 0.866. The molecule has 1 fully saturated rings. The topological polar surface area (TPSA) is 44.4 Å². The second-order valence-corrected chi connectivity index (χ2v) is 7.02. The molecule has 5 heteroatoms. The zero-order valence-electron chi connectivity index (χ0n) is 14.4. The minimum Gasteiger partial charge on any atom is -0.322 e. The predicted molar refractivity (Wildman–Crippen MR) is 103 cm³/mol. The molecule has 3 rings (SSSR count). The van der Waals surface area contributed by atoms with Crippen molar-refractivity contribution in [3.8, 4) is 0 Å². The monoisotopic (exact) mass is 357 g/mol. The minimum absolute atomic E-state index is 0.0150. The van der Waals surface area contributed by atoms with E-state index < -0.39 is 0 Å². The summed E-state index contributed by atoms with van der Waals surface area (Å²) in [5.74, 6) is 0.612. The minimum atomic E-state index is -0.124. The first kappa shape index (κ1) is 17.8. The lowest BCUT2D eigenvalue weighted by Gasteiger charge is -2.31. The van der Waals surface area contributed by atoms with Crippen molar-refractivity contribution in [1.29, 1.82) is 0 Å². The van der Waals surface area contributed by atoms with E-state index in [4.69, 9.17) is 11.6 Å². The molecule has 0 saturated carbocycles. The fourth-order valence-corrected chi connectivity index (χ4v) is 3.39. The van der Waals surface area contributed by atoms with Crippen LogP contribution in [0.3, 0.4) is 0 Å². The second kappa shape index (κ2) is 8.37. The molecule has 1 aliphatic heterocycles. The third-order valence-corrected chi connectivity index (χ3v) is 4.92. The van der Waals surface area contributed by atoms with E-state index in [9.17, 15) is 4.79 Å². The maximum atomic E-state index is 12.4. The third-order valence-electron chi connectivity index (χ3n) is 4.68. The number of carbonyl (C=O) groups excluding carboxylic acids is 1. The van der Waals surface area contributed by atoms with E-state index in [1.54, 1.807) is 24.1 Å². The van der Waals surface area contributed by atoms with E-state index >= 15 is 0 Å². The fraction of sp³-hybridized carbons (Fsp3) is 0.350. The van der Waals surface area contributed by atoms with Gasteiger partial charge in [0.15, 0.2) is 0 Å². The number of piperidine rings is 1. The van der Waals surface area contributed by atoms with Gasteiger partial charge in [-0.1, -0.05) is 48.0 Å². The lowest BCUT2D eigenvalue weighted by molar-refractivity contribution is 0.228. The highest BCUT2D eigenvalue weighted by molar-refractivity contribution is 6.30. The molecule has 2 N–H and O–H groups in total. The van der Waals surface area contributed by atoms with E-state index in [-0.39, 0.29) is 12.2 Å². The average molecular weight is 358 g/mol. The number of nitrogens with one attached hydrogen (secondary N) is 2. The van der Waals surface area contributed by atoms with Crippen molar-refractivity contribution < 1.29 is 4.79 Å². The third kappa shape index (κ3) is 4.97. The van der Waals surface area contributed by atoms with Crippen LogP contribution in [-0.2, 0) is 6.42 Å². The molecule has 2 aromatic carbocycles. The maximum Gasteiger partial charge on any atom is 0.322 e. The summed E-state index contributed by atoms with van der Waals surface area (Å²) >= 11 is 6.00. The van der Waals surface area contributed by atoms with Gasteiger partial charge >= 0.3 is 6.03 Å². The van der Waals surface area contributed by atoms with Crippen molar-refractivity contribution in [2.45, 2.75) is 25.4 Å². The van der Waals surface area contributed by atoms with Crippen LogP contribution in [0.1, 0.15) is 18.4 Å². The molecule has 4 nitrogen and oxygen atoms in total. The van der Waals surface area contributed by atoms with Crippen LogP contribution in [-0.4, -0.2) is 25.8 Å². The Morgan fingerprint density at radius 3 is 2.68 bits per heavy atom. The number of carbonyl (C=O) groups is 1. The predicted octanol–water partition coefficient (Wildman–Crippen LogP) is 4.05. The first-order valence-corrected chi connectivity index (χ1v) is 9.06. The van der Waals surface area contributed by atoms with Gasteiger partial charge in [-0.25, -0.2) is 4.79 Å². The zero-order chi connectivity index (χ0) is 17.6. The van der Waals surface area contributed by atoms with Crippen molar-refractivity contribution in [2.24, 2.45) is 5.92 Å². The highest BCUT2D eigenvalue weighted by Gasteiger charge is 2.23. The van der Waals surface area contributed by atoms with Crippen LogP contribution in [0, 0.1) is 5.92 Å². The number of anilines is 1. The van der Waals surface area contributed by atoms with Crippen molar-refractivity contribution in [2.75, 3.05) is 18.5 Å². The molecule has 0 aromatic heterocycles. The Bertz CT molecular complexity index is 699. The highest BCUT2D eigenvalue weighted by atomic mass is 35.5. The molecule has 25 heavy (non-hydrogen) atoms. The van der Waals surface area contributed by atoms with Crippen molar-refractivity contribution in [3.05, 3.63) is 65.2 Å². The normalized spacial score (nSPS) is 20.1. The van der Waals surface area contributed by atoms with Gasteiger partial charge in [-0.05, 0) is 48.9 Å². The Morgan fingerprint density at radius 1 is 1.20 bits per heavy atom. The van der Waals surface area contributed by atoms with Gasteiger partial charge in [-0.15, -0.1) is 0 Å². The Labute approximate surface area is 154 Å². The van der Waals surface area contributed by atoms with E-state index in [1.165, 1.54) is 5.56 Å². The molecule has 0 spiro atoms. The Morgan fingerprint density at radius 2 is 2.00 bits per heavy atom. The lowest BCUT2D eigenvalue weighted by atomic mass is 9.91. The Hall–Kier alpha value is -2.04. The van der Waals surface area contributed by atoms with E-state index in [1.807, 2.05) is 18.2 Å². The highest BCUT2D eigenvalue weighted by Crippen LogP contribution is 2.20. The Kier molecular flexibility index (Phi) is 5.95. The molecule has 2 aromatic rings. The summed E-state index contributed by atoms with van der Waals surface area (Å²) in [7, 11) is 1.75. The molecule has 0 unspecified atom stereocenters. The SMILES string of the molecule is CN(C(=O)N[C@H]1CC[C@H](Cc2ccccc2)CN1)c1cccc(Cl)c1. The van der Waals surface area contributed by atoms with Crippen molar-refractivity contribution >= 4 is 23.3 Å². The van der Waals surface area contributed by atoms with Crippen LogP contribution in [0.5, 0.6) is 0 Å². The van der Waals surface area contributed by atoms with Gasteiger partial charge in [0.2, 0.25) is 0 Å². The molecule has 0 bridgehead atoms. The van der Waals surface area contributed by atoms with Gasteiger partial charge in [0.1, 0.15) is 0 Å². The molecule has 1 aliphatic rings. The molecule has 2 amide bonds. The van der Waals surface area contributed by atoms with E-state index in [0.29, 0.717) is 10.9 Å². The maximum absolute atomic E-state index is 12.4. The number of hydrogen-bond donors (Lipinski definition) is 2. The molecular weight excluding hydrogens is 334 g/mol. The molecule has 0 aliphatic carbocycles. The van der Waals surface area contributed by atoms with Crippen LogP contribution < -0.4 is 15.5 Å². The first-order chi connectivity index (χ1) is 12.1. The number of amides is 2. The second-order valence-electron chi connectivity index (χ2n) is 6.58. The summed E-state index contributed by atoms with van der Waals surface area (Å²) in [6, 6.07) is 17.7. The van der Waals surface area contributed by atoms with Gasteiger partial charge in [-0.2, -0.15) is 0 Å². The summed E-state index contributed by atoms with van der Waals surface area (Å²) in [5, 5.41) is 7.13. The van der Waals surface area contributed by atoms with Crippen LogP contribution >= 0.6 is 11.6 Å². The standard InChI is InChI=1S/C20H24ClN3O/c1-24(18-9-5-8-17(21)13-18)20(25)23-19-11-10-16(14-22-19)12-15-6-3-2-4-7-15/h2-9,13,16,19,22H,10-12,14H2,1H3,(H,23,25)/t16-,19+/m1/s1. The molecule has 1 saturated heterocycles. The first-order valence-electron chi connectivity index (χ1n) is 8.69. The van der Waals surface area contributed by atoms with Gasteiger partial charge < -0.3 is 5.32 Å². The Balaban J connectivity index is 1.47. The number of nitrogens with zero attached hydrogens (tertiary/aromatic N) is 1. The fourth-order valence-electron chi connectivity index (χ4n) is 3.21. The van der Waals surface area contributed by atoms with E-state index in [0.717, 1.165) is 31.5 Å². The molecule has 132 valence electrons. The average Bonchev–Trinajstić information content (AvgIpc) is 2.63. The largest absolute Gasteiger partial charge is 0.322 e. The number of urea groups is 1. The van der Waals surface area contributed by atoms with Gasteiger partial charge in [0.25, 0.3) is 0 Å². The van der Waals surface area contributed by atoms with Crippen molar-refractivity contribution in [1.82, 2.24) is 10.6 Å². The van der Waals surface area contributed by atoms with Crippen LogP contribution in [0.15, 0.2) is 54.6 Å². The number of rotatable bonds is 4. The molecule has 0 radical (unpaired) electrons. The summed E-state index contributed by atoms with van der Waals surface area (Å²) < 4.78 is 0. The summed E-state index contributed by atoms with van der Waals surface area (Å²) in [4.78, 5) is 14.0. The smallest absolute Gasteiger partial charge is 0.322 e. The number of benzene rings is 2. The van der Waals surface area contributed by atoms with Crippen LogP contribution in [0.2, 0.25) is 5.02 Å². The lowest BCUT2D eigenvalue weighted by Crippen LogP contribution is -2.53. The van der Waals surface area contributed by atoms with Gasteiger partial charge in [0.05, 0.1) is 6.17 Å². The van der Waals surface area contributed by atoms with Gasteiger partial charge in [0, 0.05) is 24.3 Å². The zero-order valence-corrected chi connectivity index (χ0v) is 15.2. The number of halogens is 1. The summed E-state index contributed by atoms with van der Waals surface area (Å²) in [6.07, 6.45) is 3.14. The summed E-state index contributed by atoms with van der Waals surface area (Å²) in [6.45, 7) is 0.917. The number of hydrogen-bond acceptors (Lipinski definition) is 2. The van der Waals surface area contributed by atoms with Crippen molar-refractivity contribution in [3.63, 3.8) is 0 Å². The molecule has 1 heterocycles. The molecule has 2 atom stereocenters. The van der Waals surface area contributed by atoms with E-state index in [2.05, 4.69) is 34.9 Å². The van der Waals surface area contributed by atoms with Crippen LogP contribution in [0.25, 0.3) is 0 Å². The summed E-state index contributed by atoms with van der Waals surface area (Å²) in [5.41, 5.74) is 2.15. The molecular formula is C20H24ClN3O. The van der Waals surface area contributed by atoms with Gasteiger partial charge in [-0.3, -0.25) is 10.2 Å². The van der Waals surface area contributed by atoms with Crippen LogP contribution in [0.4, 0.5) is 10.5 Å².